The quantitative estimate of drug-likeness (QED) is 0.647. The molecular weight excluding hydrogens is 480 g/mol. The van der Waals surface area contributed by atoms with Gasteiger partial charge in [-0.1, -0.05) is 12.1 Å². The van der Waals surface area contributed by atoms with Crippen molar-refractivity contribution < 1.29 is 39.6 Å². The van der Waals surface area contributed by atoms with Crippen molar-refractivity contribution in [3.05, 3.63) is 47.4 Å². The number of amides is 1. The molecule has 33 heavy (non-hydrogen) atoms. The molecule has 0 spiro atoms. The molecule has 176 valence electrons. The maximum atomic E-state index is 13.3. The van der Waals surface area contributed by atoms with Gasteiger partial charge in [0.1, 0.15) is 17.9 Å². The van der Waals surface area contributed by atoms with Gasteiger partial charge in [-0.25, -0.2) is 18.4 Å². The van der Waals surface area contributed by atoms with Gasteiger partial charge in [0, 0.05) is 12.6 Å². The summed E-state index contributed by atoms with van der Waals surface area (Å²) in [6.45, 7) is -0.693. The standard InChI is InChI=1S/C18H13F6N5O3S/c19-17(20,21)10-3-1-2-4-12(10)33(31,32)9-5-11(16(26)30)29(8-9)15-6-13(18(22,23)24)27-14(7-25)28-15/h1-4,6,9,11H,5,8H2,(H2,26,30)/t9?,11-/m0/s1. The van der Waals surface area contributed by atoms with E-state index in [0.717, 1.165) is 23.1 Å². The van der Waals surface area contributed by atoms with Gasteiger partial charge in [-0.3, -0.25) is 4.79 Å². The average Bonchev–Trinajstić information content (AvgIpc) is 3.19. The topological polar surface area (TPSA) is 130 Å². The molecule has 1 aliphatic rings. The van der Waals surface area contributed by atoms with Crippen LogP contribution in [0, 0.1) is 11.3 Å². The maximum Gasteiger partial charge on any atom is 0.433 e. The summed E-state index contributed by atoms with van der Waals surface area (Å²) in [4.78, 5) is 18.3. The maximum absolute atomic E-state index is 13.3. The van der Waals surface area contributed by atoms with Gasteiger partial charge in [-0.15, -0.1) is 0 Å². The molecule has 1 unspecified atom stereocenters. The average molecular weight is 493 g/mol. The zero-order valence-electron chi connectivity index (χ0n) is 16.2. The summed E-state index contributed by atoms with van der Waals surface area (Å²) < 4.78 is 106. The first-order chi connectivity index (χ1) is 15.2. The van der Waals surface area contributed by atoms with E-state index in [1.807, 2.05) is 0 Å². The van der Waals surface area contributed by atoms with Crippen molar-refractivity contribution in [3.8, 4) is 6.07 Å². The number of anilines is 1. The van der Waals surface area contributed by atoms with Crippen LogP contribution < -0.4 is 10.6 Å². The van der Waals surface area contributed by atoms with E-state index in [2.05, 4.69) is 9.97 Å². The SMILES string of the molecule is N#Cc1nc(N2CC(S(=O)(=O)c3ccccc3C(F)(F)F)C[C@H]2C(N)=O)cc(C(F)(F)F)n1. The lowest BCUT2D eigenvalue weighted by atomic mass is 10.2. The van der Waals surface area contributed by atoms with Crippen LogP contribution in [0.15, 0.2) is 35.2 Å². The van der Waals surface area contributed by atoms with Crippen molar-refractivity contribution in [1.82, 2.24) is 9.97 Å². The fourth-order valence-electron chi connectivity index (χ4n) is 3.45. The molecule has 1 aromatic carbocycles. The van der Waals surface area contributed by atoms with Crippen LogP contribution in [0.25, 0.3) is 0 Å². The number of benzene rings is 1. The second-order valence-electron chi connectivity index (χ2n) is 7.01. The molecule has 0 saturated carbocycles. The molecule has 3 rings (SSSR count). The molecule has 2 aromatic rings. The summed E-state index contributed by atoms with van der Waals surface area (Å²) in [6, 6.07) is 3.62. The number of halogens is 6. The van der Waals surface area contributed by atoms with Gasteiger partial charge < -0.3 is 10.6 Å². The summed E-state index contributed by atoms with van der Waals surface area (Å²) in [5.41, 5.74) is 2.33. The van der Waals surface area contributed by atoms with Crippen molar-refractivity contribution in [2.75, 3.05) is 11.4 Å². The smallest absolute Gasteiger partial charge is 0.368 e. The van der Waals surface area contributed by atoms with Crippen LogP contribution >= 0.6 is 0 Å². The number of carbonyl (C=O) groups excluding carboxylic acids is 1. The summed E-state index contributed by atoms with van der Waals surface area (Å²) in [6.07, 6.45) is -10.6. The fraction of sp³-hybridized carbons (Fsp3) is 0.333. The molecule has 0 radical (unpaired) electrons. The van der Waals surface area contributed by atoms with Crippen LogP contribution in [0.5, 0.6) is 0 Å². The molecule has 1 aromatic heterocycles. The second kappa shape index (κ2) is 8.18. The first-order valence-corrected chi connectivity index (χ1v) is 10.5. The Hall–Kier alpha value is -3.41. The van der Waals surface area contributed by atoms with Crippen LogP contribution in [0.2, 0.25) is 0 Å². The number of nitrogens with two attached hydrogens (primary N) is 1. The van der Waals surface area contributed by atoms with Gasteiger partial charge in [0.15, 0.2) is 15.5 Å². The molecule has 0 bridgehead atoms. The van der Waals surface area contributed by atoms with E-state index in [1.54, 1.807) is 0 Å². The number of rotatable bonds is 4. The van der Waals surface area contributed by atoms with E-state index in [-0.39, 0.29) is 0 Å². The Bertz CT molecular complexity index is 1240. The summed E-state index contributed by atoms with van der Waals surface area (Å²) >= 11 is 0. The minimum atomic E-state index is -5.00. The fourth-order valence-corrected chi connectivity index (χ4v) is 5.36. The molecule has 8 nitrogen and oxygen atoms in total. The van der Waals surface area contributed by atoms with Crippen molar-refractivity contribution in [2.45, 2.75) is 35.0 Å². The van der Waals surface area contributed by atoms with Gasteiger partial charge in [0.25, 0.3) is 0 Å². The van der Waals surface area contributed by atoms with E-state index in [1.165, 1.54) is 6.07 Å². The van der Waals surface area contributed by atoms with Crippen LogP contribution in [0.4, 0.5) is 32.2 Å². The number of carbonyl (C=O) groups is 1. The monoisotopic (exact) mass is 493 g/mol. The van der Waals surface area contributed by atoms with Crippen LogP contribution in [-0.4, -0.2) is 42.1 Å². The predicted octanol–water partition coefficient (Wildman–Crippen LogP) is 2.29. The molecule has 1 amide bonds. The number of nitrogens with zero attached hydrogens (tertiary/aromatic N) is 4. The highest BCUT2D eigenvalue weighted by atomic mass is 32.2. The first-order valence-electron chi connectivity index (χ1n) is 8.98. The molecule has 1 saturated heterocycles. The van der Waals surface area contributed by atoms with Crippen LogP contribution in [0.3, 0.4) is 0 Å². The number of aromatic nitrogens is 2. The molecule has 1 fully saturated rings. The number of nitriles is 1. The molecule has 2 atom stereocenters. The zero-order chi connectivity index (χ0) is 24.8. The lowest BCUT2D eigenvalue weighted by molar-refractivity contribution is -0.141. The third kappa shape index (κ3) is 4.70. The number of sulfone groups is 1. The highest BCUT2D eigenvalue weighted by Gasteiger charge is 2.47. The Morgan fingerprint density at radius 3 is 2.30 bits per heavy atom. The Morgan fingerprint density at radius 2 is 1.76 bits per heavy atom. The van der Waals surface area contributed by atoms with Crippen molar-refractivity contribution >= 4 is 21.6 Å². The van der Waals surface area contributed by atoms with Gasteiger partial charge in [0.05, 0.1) is 15.7 Å². The van der Waals surface area contributed by atoms with Crippen molar-refractivity contribution in [3.63, 3.8) is 0 Å². The molecule has 0 aliphatic carbocycles. The lowest BCUT2D eigenvalue weighted by Gasteiger charge is -2.23. The van der Waals surface area contributed by atoms with Gasteiger partial charge in [-0.05, 0) is 18.6 Å². The number of hydrogen-bond donors (Lipinski definition) is 1. The second-order valence-corrected chi connectivity index (χ2v) is 9.21. The third-order valence-corrected chi connectivity index (χ3v) is 7.11. The predicted molar refractivity (Wildman–Crippen MR) is 99.1 cm³/mol. The Kier molecular flexibility index (Phi) is 6.01. The Morgan fingerprint density at radius 1 is 1.12 bits per heavy atom. The highest BCUT2D eigenvalue weighted by molar-refractivity contribution is 7.92. The van der Waals surface area contributed by atoms with E-state index in [4.69, 9.17) is 11.0 Å². The Balaban J connectivity index is 2.08. The largest absolute Gasteiger partial charge is 0.433 e. The first kappa shape index (κ1) is 24.2. The Labute approximate surface area is 182 Å². The summed E-state index contributed by atoms with van der Waals surface area (Å²) in [5.74, 6) is -2.65. The van der Waals surface area contributed by atoms with E-state index < -0.39 is 80.1 Å². The molecule has 1 aliphatic heterocycles. The zero-order valence-corrected chi connectivity index (χ0v) is 17.0. The summed E-state index contributed by atoms with van der Waals surface area (Å²) in [5, 5.41) is 7.32. The lowest BCUT2D eigenvalue weighted by Crippen LogP contribution is -2.41. The van der Waals surface area contributed by atoms with Gasteiger partial charge >= 0.3 is 12.4 Å². The van der Waals surface area contributed by atoms with Crippen molar-refractivity contribution in [1.29, 1.82) is 5.26 Å². The van der Waals surface area contributed by atoms with E-state index in [9.17, 15) is 39.6 Å². The van der Waals surface area contributed by atoms with Gasteiger partial charge in [-0.2, -0.15) is 31.6 Å². The molecule has 2 heterocycles. The van der Waals surface area contributed by atoms with Crippen LogP contribution in [-0.2, 0) is 27.0 Å². The van der Waals surface area contributed by atoms with E-state index >= 15 is 0 Å². The molecule has 2 N–H and O–H groups in total. The van der Waals surface area contributed by atoms with Crippen molar-refractivity contribution in [2.24, 2.45) is 5.73 Å². The number of alkyl halides is 6. The molecular formula is C18H13F6N5O3S. The number of hydrogen-bond acceptors (Lipinski definition) is 7. The minimum Gasteiger partial charge on any atom is -0.368 e. The van der Waals surface area contributed by atoms with Gasteiger partial charge in [0.2, 0.25) is 11.7 Å². The third-order valence-electron chi connectivity index (χ3n) is 4.93. The number of primary amides is 1. The van der Waals surface area contributed by atoms with Crippen LogP contribution in [0.1, 0.15) is 23.5 Å². The van der Waals surface area contributed by atoms with E-state index in [0.29, 0.717) is 12.1 Å². The summed E-state index contributed by atoms with van der Waals surface area (Å²) in [7, 11) is -4.71. The molecule has 15 heteroatoms. The normalized spacial score (nSPS) is 19.4. The highest BCUT2D eigenvalue weighted by Crippen LogP contribution is 2.39. The minimum absolute atomic E-state index is 0.398.